The average Bonchev–Trinajstić information content (AvgIpc) is 2.67. The van der Waals surface area contributed by atoms with E-state index in [4.69, 9.17) is 4.74 Å². The van der Waals surface area contributed by atoms with Crippen molar-refractivity contribution in [3.63, 3.8) is 0 Å². The number of aryl methyl sites for hydroxylation is 2. The number of hydrogen-bond donors (Lipinski definition) is 1. The SMILES string of the molecule is Cc1cc(-c2cc(N(CC(F)(F)F)S(=O)O)ccc2Oc2ccc(F)cc2F)cc(C)n1. The van der Waals surface area contributed by atoms with Gasteiger partial charge in [0, 0.05) is 23.0 Å². The number of alkyl halides is 3. The highest BCUT2D eigenvalue weighted by Gasteiger charge is 2.33. The van der Waals surface area contributed by atoms with Gasteiger partial charge in [0.1, 0.15) is 18.1 Å². The van der Waals surface area contributed by atoms with Crippen molar-refractivity contribution in [1.82, 2.24) is 4.98 Å². The van der Waals surface area contributed by atoms with Crippen LogP contribution in [0.25, 0.3) is 11.1 Å². The molecule has 0 aliphatic carbocycles. The quantitative estimate of drug-likeness (QED) is 0.356. The second-order valence-electron chi connectivity index (χ2n) is 6.88. The molecule has 0 radical (unpaired) electrons. The maximum absolute atomic E-state index is 14.1. The van der Waals surface area contributed by atoms with Crippen molar-refractivity contribution in [1.29, 1.82) is 0 Å². The van der Waals surface area contributed by atoms with E-state index in [-0.39, 0.29) is 27.1 Å². The van der Waals surface area contributed by atoms with Gasteiger partial charge >= 0.3 is 6.18 Å². The molecule has 0 fully saturated rings. The Morgan fingerprint density at radius 3 is 2.19 bits per heavy atom. The van der Waals surface area contributed by atoms with Crippen LogP contribution in [0.5, 0.6) is 11.5 Å². The zero-order valence-electron chi connectivity index (χ0n) is 16.8. The number of nitrogens with zero attached hydrogens (tertiary/aromatic N) is 2. The highest BCUT2D eigenvalue weighted by atomic mass is 32.2. The number of aromatic nitrogens is 1. The molecule has 1 atom stereocenters. The Balaban J connectivity index is 2.15. The summed E-state index contributed by atoms with van der Waals surface area (Å²) in [7, 11) is 0. The fourth-order valence-corrected chi connectivity index (χ4v) is 3.60. The van der Waals surface area contributed by atoms with Crippen molar-refractivity contribution in [3.8, 4) is 22.6 Å². The summed E-state index contributed by atoms with van der Waals surface area (Å²) in [5.41, 5.74) is 1.68. The molecule has 1 heterocycles. The average molecular weight is 472 g/mol. The summed E-state index contributed by atoms with van der Waals surface area (Å²) in [6.07, 6.45) is -4.74. The van der Waals surface area contributed by atoms with Gasteiger partial charge in [0.15, 0.2) is 11.6 Å². The van der Waals surface area contributed by atoms with E-state index in [9.17, 15) is 30.7 Å². The Morgan fingerprint density at radius 2 is 1.62 bits per heavy atom. The fourth-order valence-electron chi connectivity index (χ4n) is 3.05. The number of hydrogen-bond acceptors (Lipinski definition) is 3. The summed E-state index contributed by atoms with van der Waals surface area (Å²) < 4.78 is 93.0. The molecule has 1 N–H and O–H groups in total. The first-order valence-corrected chi connectivity index (χ1v) is 10.2. The monoisotopic (exact) mass is 472 g/mol. The molecule has 0 aliphatic rings. The molecular weight excluding hydrogens is 455 g/mol. The van der Waals surface area contributed by atoms with Gasteiger partial charge in [-0.2, -0.15) is 13.2 Å². The van der Waals surface area contributed by atoms with Gasteiger partial charge in [-0.3, -0.25) is 13.8 Å². The van der Waals surface area contributed by atoms with Crippen molar-refractivity contribution in [2.75, 3.05) is 10.8 Å². The van der Waals surface area contributed by atoms with E-state index in [0.29, 0.717) is 23.0 Å². The summed E-state index contributed by atoms with van der Waals surface area (Å²) >= 11 is -2.97. The summed E-state index contributed by atoms with van der Waals surface area (Å²) in [5.74, 6) is -2.04. The van der Waals surface area contributed by atoms with E-state index >= 15 is 0 Å². The molecule has 1 unspecified atom stereocenters. The van der Waals surface area contributed by atoms with E-state index in [0.717, 1.165) is 18.2 Å². The largest absolute Gasteiger partial charge is 0.454 e. The van der Waals surface area contributed by atoms with Crippen LogP contribution in [0, 0.1) is 25.5 Å². The standard InChI is InChI=1S/C21H17F5N2O3S/c1-12-7-14(8-13(2)27-12)17-10-16(28(32(29)30)11-21(24,25)26)4-6-19(17)31-20-5-3-15(22)9-18(20)23/h3-10H,11H2,1-2H3,(H,29,30). The number of ether oxygens (including phenoxy) is 1. The number of halogens is 5. The minimum atomic E-state index is -4.74. The molecule has 2 aromatic carbocycles. The van der Waals surface area contributed by atoms with Gasteiger partial charge in [0.25, 0.3) is 11.3 Å². The molecule has 3 aromatic rings. The van der Waals surface area contributed by atoms with Gasteiger partial charge in [0.05, 0.1) is 5.69 Å². The third-order valence-electron chi connectivity index (χ3n) is 4.27. The predicted octanol–water partition coefficient (Wildman–Crippen LogP) is 5.94. The Bertz CT molecular complexity index is 1150. The van der Waals surface area contributed by atoms with Crippen LogP contribution in [-0.2, 0) is 11.3 Å². The Labute approximate surface area is 182 Å². The normalized spacial score (nSPS) is 12.5. The van der Waals surface area contributed by atoms with Crippen molar-refractivity contribution in [3.05, 3.63) is 71.6 Å². The third kappa shape index (κ3) is 5.80. The van der Waals surface area contributed by atoms with Gasteiger partial charge in [-0.05, 0) is 61.9 Å². The van der Waals surface area contributed by atoms with Gasteiger partial charge < -0.3 is 4.74 Å². The molecule has 0 saturated heterocycles. The van der Waals surface area contributed by atoms with Crippen LogP contribution in [0.15, 0.2) is 48.5 Å². The zero-order valence-corrected chi connectivity index (χ0v) is 17.6. The topological polar surface area (TPSA) is 62.7 Å². The minimum absolute atomic E-state index is 0.0416. The Hall–Kier alpha value is -3.05. The highest BCUT2D eigenvalue weighted by molar-refractivity contribution is 7.80. The van der Waals surface area contributed by atoms with Crippen molar-refractivity contribution in [2.45, 2.75) is 20.0 Å². The Kier molecular flexibility index (Phi) is 6.79. The van der Waals surface area contributed by atoms with Crippen LogP contribution < -0.4 is 9.04 Å². The zero-order chi connectivity index (χ0) is 23.6. The minimum Gasteiger partial charge on any atom is -0.454 e. The maximum atomic E-state index is 14.1. The summed E-state index contributed by atoms with van der Waals surface area (Å²) in [4.78, 5) is 4.24. The second kappa shape index (κ2) is 9.21. The molecule has 32 heavy (non-hydrogen) atoms. The van der Waals surface area contributed by atoms with Crippen molar-refractivity contribution >= 4 is 17.0 Å². The number of anilines is 1. The molecule has 3 rings (SSSR count). The van der Waals surface area contributed by atoms with E-state index in [1.165, 1.54) is 12.1 Å². The van der Waals surface area contributed by atoms with Gasteiger partial charge in [-0.15, -0.1) is 0 Å². The van der Waals surface area contributed by atoms with Gasteiger partial charge in [-0.25, -0.2) is 13.0 Å². The van der Waals surface area contributed by atoms with Gasteiger partial charge in [0.2, 0.25) is 0 Å². The second-order valence-corrected chi connectivity index (χ2v) is 7.78. The molecule has 11 heteroatoms. The number of rotatable bonds is 6. The lowest BCUT2D eigenvalue weighted by molar-refractivity contribution is -0.117. The first-order valence-electron chi connectivity index (χ1n) is 9.11. The van der Waals surface area contributed by atoms with Crippen molar-refractivity contribution < 1.29 is 35.5 Å². The van der Waals surface area contributed by atoms with Crippen LogP contribution in [-0.4, -0.2) is 26.5 Å². The van der Waals surface area contributed by atoms with E-state index < -0.39 is 35.6 Å². The smallest absolute Gasteiger partial charge is 0.407 e. The lowest BCUT2D eigenvalue weighted by Crippen LogP contribution is -2.35. The molecular formula is C21H17F5N2O3S. The maximum Gasteiger partial charge on any atom is 0.407 e. The lowest BCUT2D eigenvalue weighted by Gasteiger charge is -2.23. The first kappa shape index (κ1) is 23.6. The predicted molar refractivity (Wildman–Crippen MR) is 110 cm³/mol. The fraction of sp³-hybridized carbons (Fsp3) is 0.190. The van der Waals surface area contributed by atoms with Crippen LogP contribution in [0.1, 0.15) is 11.4 Å². The molecule has 0 amide bonds. The summed E-state index contributed by atoms with van der Waals surface area (Å²) in [6, 6.07) is 9.57. The molecule has 0 bridgehead atoms. The molecule has 1 aromatic heterocycles. The number of benzene rings is 2. The van der Waals surface area contributed by atoms with Crippen LogP contribution in [0.3, 0.4) is 0 Å². The number of pyridine rings is 1. The van der Waals surface area contributed by atoms with Crippen LogP contribution in [0.2, 0.25) is 0 Å². The Morgan fingerprint density at radius 1 is 1.00 bits per heavy atom. The van der Waals surface area contributed by atoms with Gasteiger partial charge in [-0.1, -0.05) is 0 Å². The highest BCUT2D eigenvalue weighted by Crippen LogP contribution is 2.38. The van der Waals surface area contributed by atoms with Crippen LogP contribution in [0.4, 0.5) is 27.6 Å². The molecule has 5 nitrogen and oxygen atoms in total. The third-order valence-corrected chi connectivity index (χ3v) is 4.99. The summed E-state index contributed by atoms with van der Waals surface area (Å²) in [5, 5.41) is 0. The molecule has 0 spiro atoms. The van der Waals surface area contributed by atoms with E-state index in [2.05, 4.69) is 4.98 Å². The van der Waals surface area contributed by atoms with Crippen LogP contribution >= 0.6 is 0 Å². The van der Waals surface area contributed by atoms with E-state index in [1.54, 1.807) is 26.0 Å². The molecule has 0 aliphatic heterocycles. The first-order chi connectivity index (χ1) is 14.9. The van der Waals surface area contributed by atoms with E-state index in [1.807, 2.05) is 0 Å². The molecule has 170 valence electrons. The summed E-state index contributed by atoms with van der Waals surface area (Å²) in [6.45, 7) is 1.75. The molecule has 0 saturated carbocycles. The van der Waals surface area contributed by atoms with Crippen molar-refractivity contribution in [2.24, 2.45) is 0 Å². The lowest BCUT2D eigenvalue weighted by atomic mass is 10.0.